The Balaban J connectivity index is 0. The Labute approximate surface area is 109 Å². The standard InChI is InChI=1S/C7H11N2O3.CH3.Y/c10-7(11)5-12-9-6-1-3-8-4-2-6;;/h1-5H2,(H,10,11);1H3;/q2*-1;. The zero-order chi connectivity index (χ0) is 8.81. The number of carbonyl (C=O) groups is 1. The fourth-order valence-electron chi connectivity index (χ4n) is 0.923. The molecule has 1 heterocycles. The van der Waals surface area contributed by atoms with Gasteiger partial charge in [0.05, 0.1) is 5.71 Å². The van der Waals surface area contributed by atoms with Crippen LogP contribution in [-0.4, -0.2) is 36.5 Å². The molecule has 14 heavy (non-hydrogen) atoms. The molecule has 79 valence electrons. The van der Waals surface area contributed by atoms with Gasteiger partial charge in [0.25, 0.3) is 0 Å². The zero-order valence-corrected chi connectivity index (χ0v) is 11.1. The maximum atomic E-state index is 10.0. The van der Waals surface area contributed by atoms with Gasteiger partial charge in [0, 0.05) is 32.7 Å². The van der Waals surface area contributed by atoms with Crippen LogP contribution in [0.5, 0.6) is 0 Å². The molecule has 0 aliphatic carbocycles. The molecule has 0 aromatic carbocycles. The van der Waals surface area contributed by atoms with Crippen molar-refractivity contribution in [2.24, 2.45) is 5.16 Å². The van der Waals surface area contributed by atoms with Crippen LogP contribution in [0.15, 0.2) is 5.16 Å². The SMILES string of the molecule is O=C(O)CON=C1CC[N-]CC1.[CH3-].[Y]. The fourth-order valence-corrected chi connectivity index (χ4v) is 0.923. The molecular weight excluding hydrogens is 261 g/mol. The van der Waals surface area contributed by atoms with Crippen molar-refractivity contribution in [2.75, 3.05) is 19.7 Å². The van der Waals surface area contributed by atoms with Crippen LogP contribution in [0.2, 0.25) is 0 Å². The Hall–Kier alpha value is 0.00390. The maximum absolute atomic E-state index is 10.0. The smallest absolute Gasteiger partial charge is 0.344 e. The molecule has 0 aromatic heterocycles. The van der Waals surface area contributed by atoms with E-state index in [2.05, 4.69) is 15.3 Å². The second-order valence-electron chi connectivity index (χ2n) is 2.50. The molecule has 6 heteroatoms. The van der Waals surface area contributed by atoms with E-state index in [1.807, 2.05) is 0 Å². The van der Waals surface area contributed by atoms with Gasteiger partial charge < -0.3 is 22.7 Å². The molecule has 0 atom stereocenters. The van der Waals surface area contributed by atoms with Gasteiger partial charge in [-0.2, -0.15) is 0 Å². The predicted molar refractivity (Wildman–Crippen MR) is 49.8 cm³/mol. The van der Waals surface area contributed by atoms with Gasteiger partial charge in [0.2, 0.25) is 6.61 Å². The number of carboxylic acids is 1. The molecule has 0 aromatic rings. The third kappa shape index (κ3) is 7.41. The van der Waals surface area contributed by atoms with Gasteiger partial charge in [-0.3, -0.25) is 0 Å². The average molecular weight is 275 g/mol. The Morgan fingerprint density at radius 3 is 2.57 bits per heavy atom. The fraction of sp³-hybridized carbons (Fsp3) is 0.625. The Kier molecular flexibility index (Phi) is 11.2. The summed E-state index contributed by atoms with van der Waals surface area (Å²) in [4.78, 5) is 14.6. The van der Waals surface area contributed by atoms with Gasteiger partial charge in [-0.1, -0.05) is 5.16 Å². The van der Waals surface area contributed by atoms with Crippen LogP contribution in [0.3, 0.4) is 0 Å². The van der Waals surface area contributed by atoms with Crippen LogP contribution in [0.25, 0.3) is 5.32 Å². The normalized spacial score (nSPS) is 14.7. The number of hydrogen-bond acceptors (Lipinski definition) is 3. The summed E-state index contributed by atoms with van der Waals surface area (Å²) in [6.07, 6.45) is 1.58. The van der Waals surface area contributed by atoms with E-state index in [4.69, 9.17) is 5.11 Å². The number of hydrogen-bond donors (Lipinski definition) is 1. The number of aliphatic carboxylic acids is 1. The van der Waals surface area contributed by atoms with Crippen LogP contribution < -0.4 is 0 Å². The zero-order valence-electron chi connectivity index (χ0n) is 8.27. The molecule has 0 bridgehead atoms. The topological polar surface area (TPSA) is 73.0 Å². The number of oxime groups is 1. The molecule has 0 saturated carbocycles. The molecular formula is C8H14N2O3Y-2. The van der Waals surface area contributed by atoms with Gasteiger partial charge in [-0.15, -0.1) is 13.1 Å². The molecule has 1 aliphatic rings. The summed E-state index contributed by atoms with van der Waals surface area (Å²) in [5.41, 5.74) is 0.909. The van der Waals surface area contributed by atoms with Crippen molar-refractivity contribution in [1.29, 1.82) is 0 Å². The van der Waals surface area contributed by atoms with Crippen LogP contribution in [0, 0.1) is 7.43 Å². The van der Waals surface area contributed by atoms with Crippen molar-refractivity contribution in [2.45, 2.75) is 12.8 Å². The quantitative estimate of drug-likeness (QED) is 0.618. The number of piperidine rings is 1. The van der Waals surface area contributed by atoms with Crippen LogP contribution >= 0.6 is 0 Å². The number of nitrogens with zero attached hydrogens (tertiary/aromatic N) is 2. The van der Waals surface area contributed by atoms with Crippen molar-refractivity contribution < 1.29 is 47.4 Å². The maximum Gasteiger partial charge on any atom is 0.344 e. The van der Waals surface area contributed by atoms with E-state index in [0.717, 1.165) is 31.6 Å². The Morgan fingerprint density at radius 2 is 2.07 bits per heavy atom. The van der Waals surface area contributed by atoms with Crippen molar-refractivity contribution in [3.8, 4) is 0 Å². The average Bonchev–Trinajstić information content (AvgIpc) is 2.05. The third-order valence-electron chi connectivity index (χ3n) is 1.50. The first-order chi connectivity index (χ1) is 5.79. The molecule has 1 N–H and O–H groups in total. The molecule has 1 aliphatic heterocycles. The van der Waals surface area contributed by atoms with Crippen LogP contribution in [-0.2, 0) is 42.3 Å². The first kappa shape index (κ1) is 16.4. The second-order valence-corrected chi connectivity index (χ2v) is 2.50. The van der Waals surface area contributed by atoms with Gasteiger partial charge in [0.1, 0.15) is 0 Å². The third-order valence-corrected chi connectivity index (χ3v) is 1.50. The minimum Gasteiger partial charge on any atom is -0.662 e. The van der Waals surface area contributed by atoms with Gasteiger partial charge >= 0.3 is 5.97 Å². The van der Waals surface area contributed by atoms with E-state index in [0.29, 0.717) is 0 Å². The van der Waals surface area contributed by atoms with E-state index in [-0.39, 0.29) is 46.7 Å². The summed E-state index contributed by atoms with van der Waals surface area (Å²) in [6, 6.07) is 0. The first-order valence-corrected chi connectivity index (χ1v) is 3.82. The summed E-state index contributed by atoms with van der Waals surface area (Å²) >= 11 is 0. The summed E-state index contributed by atoms with van der Waals surface area (Å²) in [5.74, 6) is -1.00. The summed E-state index contributed by atoms with van der Waals surface area (Å²) in [7, 11) is 0. The largest absolute Gasteiger partial charge is 0.662 e. The molecule has 5 nitrogen and oxygen atoms in total. The molecule has 0 unspecified atom stereocenters. The summed E-state index contributed by atoms with van der Waals surface area (Å²) in [5, 5.41) is 16.0. The Morgan fingerprint density at radius 1 is 1.50 bits per heavy atom. The van der Waals surface area contributed by atoms with Crippen molar-refractivity contribution >= 4 is 11.7 Å². The molecule has 1 saturated heterocycles. The van der Waals surface area contributed by atoms with Gasteiger partial charge in [-0.25, -0.2) is 4.79 Å². The monoisotopic (exact) mass is 275 g/mol. The predicted octanol–water partition coefficient (Wildman–Crippen LogP) is 1.06. The van der Waals surface area contributed by atoms with Gasteiger partial charge in [-0.05, 0) is 12.8 Å². The van der Waals surface area contributed by atoms with Crippen LogP contribution in [0.4, 0.5) is 0 Å². The minimum absolute atomic E-state index is 0. The van der Waals surface area contributed by atoms with Crippen molar-refractivity contribution in [3.63, 3.8) is 0 Å². The van der Waals surface area contributed by atoms with Crippen molar-refractivity contribution in [1.82, 2.24) is 0 Å². The second kappa shape index (κ2) is 9.55. The van der Waals surface area contributed by atoms with E-state index in [1.54, 1.807) is 0 Å². The van der Waals surface area contributed by atoms with Crippen LogP contribution in [0.1, 0.15) is 12.8 Å². The molecule has 1 radical (unpaired) electrons. The molecule has 0 spiro atoms. The number of rotatable bonds is 3. The number of carboxylic acid groups (broad SMARTS) is 1. The van der Waals surface area contributed by atoms with Crippen molar-refractivity contribution in [3.05, 3.63) is 12.7 Å². The summed E-state index contributed by atoms with van der Waals surface area (Å²) < 4.78 is 0. The Bertz CT molecular complexity index is 189. The van der Waals surface area contributed by atoms with E-state index in [1.165, 1.54) is 0 Å². The summed E-state index contributed by atoms with van der Waals surface area (Å²) in [6.45, 7) is 1.19. The molecule has 0 amide bonds. The van der Waals surface area contributed by atoms with Gasteiger partial charge in [0.15, 0.2) is 0 Å². The minimum atomic E-state index is -1.00. The van der Waals surface area contributed by atoms with E-state index < -0.39 is 5.97 Å². The van der Waals surface area contributed by atoms with E-state index >= 15 is 0 Å². The molecule has 1 fully saturated rings. The molecule has 1 rings (SSSR count). The first-order valence-electron chi connectivity index (χ1n) is 3.82. The van der Waals surface area contributed by atoms with E-state index in [9.17, 15) is 4.79 Å².